The van der Waals surface area contributed by atoms with Gasteiger partial charge in [0.05, 0.1) is 43.0 Å². The molecule has 7 heteroatoms. The zero-order valence-corrected chi connectivity index (χ0v) is 20.6. The van der Waals surface area contributed by atoms with Crippen LogP contribution in [0.25, 0.3) is 10.9 Å². The fraction of sp³-hybridized carbons (Fsp3) is 0.630. The van der Waals surface area contributed by atoms with E-state index in [1.165, 1.54) is 33.5 Å². The monoisotopic (exact) mass is 465 g/mol. The summed E-state index contributed by atoms with van der Waals surface area (Å²) < 4.78 is 12.2. The van der Waals surface area contributed by atoms with Gasteiger partial charge in [-0.05, 0) is 63.0 Å². The van der Waals surface area contributed by atoms with Crippen LogP contribution < -0.4 is 0 Å². The van der Waals surface area contributed by atoms with Crippen molar-refractivity contribution in [1.29, 1.82) is 5.26 Å². The number of benzene rings is 1. The lowest BCUT2D eigenvalue weighted by Crippen LogP contribution is -2.41. The van der Waals surface area contributed by atoms with E-state index in [0.717, 1.165) is 41.4 Å². The SMILES string of the molecule is CCc1nn(C2CCCCC2)c2cc(C3(C#N)CCCC(C(=O)OC)(C(=O)OC)CC3)ccc12. The largest absolute Gasteiger partial charge is 0.468 e. The topological polar surface area (TPSA) is 94.2 Å². The summed E-state index contributed by atoms with van der Waals surface area (Å²) in [5.41, 5.74) is 0.978. The number of carbonyl (C=O) groups is 2. The molecule has 2 saturated carbocycles. The van der Waals surface area contributed by atoms with Gasteiger partial charge in [0.2, 0.25) is 0 Å². The molecular weight excluding hydrogens is 430 g/mol. The minimum absolute atomic E-state index is 0.222. The second-order valence-electron chi connectivity index (χ2n) is 9.88. The summed E-state index contributed by atoms with van der Waals surface area (Å²) in [6, 6.07) is 9.26. The molecule has 1 heterocycles. The standard InChI is InChI=1S/C27H35N3O4/c1-4-22-21-12-11-19(17-23(21)30(29-22)20-9-6-5-7-10-20)26(18-28)13-8-14-27(16-15-26,24(31)33-2)25(32)34-3/h11-12,17,20H,4-10,13-16H2,1-3H3. The molecule has 0 N–H and O–H groups in total. The zero-order chi connectivity index (χ0) is 24.3. The van der Waals surface area contributed by atoms with Crippen LogP contribution in [0.3, 0.4) is 0 Å². The lowest BCUT2D eigenvalue weighted by Gasteiger charge is -2.29. The molecule has 0 amide bonds. The first-order chi connectivity index (χ1) is 16.4. The molecule has 34 heavy (non-hydrogen) atoms. The number of fused-ring (bicyclic) bond motifs is 1. The molecule has 1 atom stereocenters. The van der Waals surface area contributed by atoms with Gasteiger partial charge in [0.25, 0.3) is 0 Å². The van der Waals surface area contributed by atoms with E-state index in [1.807, 2.05) is 6.07 Å². The van der Waals surface area contributed by atoms with E-state index in [0.29, 0.717) is 31.7 Å². The van der Waals surface area contributed by atoms with Gasteiger partial charge in [-0.25, -0.2) is 0 Å². The lowest BCUT2D eigenvalue weighted by molar-refractivity contribution is -0.170. The Morgan fingerprint density at radius 2 is 1.76 bits per heavy atom. The molecule has 2 fully saturated rings. The van der Waals surface area contributed by atoms with Crippen molar-refractivity contribution in [2.75, 3.05) is 14.2 Å². The second-order valence-corrected chi connectivity index (χ2v) is 9.88. The summed E-state index contributed by atoms with van der Waals surface area (Å²) in [4.78, 5) is 25.4. The number of rotatable bonds is 5. The Labute approximate surface area is 201 Å². The molecule has 0 aliphatic heterocycles. The van der Waals surface area contributed by atoms with E-state index in [4.69, 9.17) is 14.6 Å². The van der Waals surface area contributed by atoms with E-state index < -0.39 is 22.8 Å². The Morgan fingerprint density at radius 1 is 1.06 bits per heavy atom. The number of hydrogen-bond acceptors (Lipinski definition) is 6. The average Bonchev–Trinajstić information content (AvgIpc) is 3.14. The highest BCUT2D eigenvalue weighted by atomic mass is 16.5. The fourth-order valence-corrected chi connectivity index (χ4v) is 6.08. The van der Waals surface area contributed by atoms with Crippen molar-refractivity contribution in [3.8, 4) is 6.07 Å². The summed E-state index contributed by atoms with van der Waals surface area (Å²) in [7, 11) is 2.59. The number of aryl methyl sites for hydroxylation is 1. The Balaban J connectivity index is 1.75. The summed E-state index contributed by atoms with van der Waals surface area (Å²) in [5, 5.41) is 16.6. The number of aromatic nitrogens is 2. The molecule has 7 nitrogen and oxygen atoms in total. The van der Waals surface area contributed by atoms with Gasteiger partial charge < -0.3 is 9.47 Å². The number of nitrogens with zero attached hydrogens (tertiary/aromatic N) is 3. The highest BCUT2D eigenvalue weighted by Crippen LogP contribution is 2.46. The smallest absolute Gasteiger partial charge is 0.323 e. The van der Waals surface area contributed by atoms with Gasteiger partial charge in [0.1, 0.15) is 0 Å². The molecule has 0 radical (unpaired) electrons. The van der Waals surface area contributed by atoms with E-state index in [-0.39, 0.29) is 6.42 Å². The van der Waals surface area contributed by atoms with Crippen molar-refractivity contribution in [1.82, 2.24) is 9.78 Å². The predicted octanol–water partition coefficient (Wildman–Crippen LogP) is 5.16. The van der Waals surface area contributed by atoms with Crippen molar-refractivity contribution in [2.24, 2.45) is 5.41 Å². The third-order valence-corrected chi connectivity index (χ3v) is 8.14. The minimum atomic E-state index is -1.36. The number of ether oxygens (including phenoxy) is 2. The molecule has 0 bridgehead atoms. The first kappa shape index (κ1) is 24.3. The maximum Gasteiger partial charge on any atom is 0.323 e. The van der Waals surface area contributed by atoms with Crippen LogP contribution in [-0.2, 0) is 30.9 Å². The maximum absolute atomic E-state index is 12.7. The van der Waals surface area contributed by atoms with Crippen molar-refractivity contribution in [2.45, 2.75) is 89.0 Å². The molecule has 182 valence electrons. The van der Waals surface area contributed by atoms with Crippen LogP contribution in [0.5, 0.6) is 0 Å². The van der Waals surface area contributed by atoms with Crippen LogP contribution in [0.2, 0.25) is 0 Å². The van der Waals surface area contributed by atoms with Crippen LogP contribution in [0.15, 0.2) is 18.2 Å². The molecule has 1 unspecified atom stereocenters. The Hall–Kier alpha value is -2.88. The Kier molecular flexibility index (Phi) is 6.97. The Bertz CT molecular complexity index is 1090. The van der Waals surface area contributed by atoms with Crippen molar-refractivity contribution in [3.63, 3.8) is 0 Å². The van der Waals surface area contributed by atoms with Gasteiger partial charge >= 0.3 is 11.9 Å². The summed E-state index contributed by atoms with van der Waals surface area (Å²) >= 11 is 0. The summed E-state index contributed by atoms with van der Waals surface area (Å²) in [6.45, 7) is 2.13. The molecule has 2 aromatic rings. The lowest BCUT2D eigenvalue weighted by atomic mass is 9.73. The third-order valence-electron chi connectivity index (χ3n) is 8.14. The van der Waals surface area contributed by atoms with Gasteiger partial charge in [-0.2, -0.15) is 10.4 Å². The molecule has 1 aromatic carbocycles. The average molecular weight is 466 g/mol. The van der Waals surface area contributed by atoms with Crippen molar-refractivity contribution >= 4 is 22.8 Å². The quantitative estimate of drug-likeness (QED) is 0.344. The molecule has 0 spiro atoms. The number of esters is 2. The van der Waals surface area contributed by atoms with Gasteiger partial charge in [0, 0.05) is 5.39 Å². The molecule has 1 aromatic heterocycles. The number of nitriles is 1. The van der Waals surface area contributed by atoms with Crippen LogP contribution in [0, 0.1) is 16.7 Å². The first-order valence-electron chi connectivity index (χ1n) is 12.5. The molecule has 0 saturated heterocycles. The van der Waals surface area contributed by atoms with Gasteiger partial charge in [-0.3, -0.25) is 14.3 Å². The molecule has 2 aliphatic rings. The number of hydrogen-bond donors (Lipinski definition) is 0. The maximum atomic E-state index is 12.7. The van der Waals surface area contributed by atoms with Crippen molar-refractivity contribution in [3.05, 3.63) is 29.5 Å². The molecule has 4 rings (SSSR count). The van der Waals surface area contributed by atoms with Crippen LogP contribution in [0.1, 0.15) is 88.4 Å². The third kappa shape index (κ3) is 3.97. The van der Waals surface area contributed by atoms with E-state index >= 15 is 0 Å². The summed E-state index contributed by atoms with van der Waals surface area (Å²) in [5.74, 6) is -1.15. The normalized spacial score (nSPS) is 23.1. The minimum Gasteiger partial charge on any atom is -0.468 e. The van der Waals surface area contributed by atoms with Crippen LogP contribution in [0.4, 0.5) is 0 Å². The first-order valence-corrected chi connectivity index (χ1v) is 12.5. The zero-order valence-electron chi connectivity index (χ0n) is 20.6. The van der Waals surface area contributed by atoms with Crippen LogP contribution in [-0.4, -0.2) is 35.9 Å². The molecular formula is C27H35N3O4. The number of carbonyl (C=O) groups excluding carboxylic acids is 2. The van der Waals surface area contributed by atoms with Crippen LogP contribution >= 0.6 is 0 Å². The van der Waals surface area contributed by atoms with Gasteiger partial charge in [0.15, 0.2) is 5.41 Å². The predicted molar refractivity (Wildman–Crippen MR) is 128 cm³/mol. The van der Waals surface area contributed by atoms with E-state index in [1.54, 1.807) is 0 Å². The second kappa shape index (κ2) is 9.77. The van der Waals surface area contributed by atoms with E-state index in [9.17, 15) is 14.9 Å². The Morgan fingerprint density at radius 3 is 2.38 bits per heavy atom. The van der Waals surface area contributed by atoms with Gasteiger partial charge in [-0.15, -0.1) is 0 Å². The highest BCUT2D eigenvalue weighted by Gasteiger charge is 2.52. The highest BCUT2D eigenvalue weighted by molar-refractivity contribution is 6.00. The van der Waals surface area contributed by atoms with Crippen molar-refractivity contribution < 1.29 is 19.1 Å². The number of methoxy groups -OCH3 is 2. The summed E-state index contributed by atoms with van der Waals surface area (Å²) in [6.07, 6.45) is 8.90. The fourth-order valence-electron chi connectivity index (χ4n) is 6.08. The van der Waals surface area contributed by atoms with E-state index in [2.05, 4.69) is 29.8 Å². The van der Waals surface area contributed by atoms with Gasteiger partial charge in [-0.1, -0.05) is 38.3 Å². The molecule has 2 aliphatic carbocycles.